The van der Waals surface area contributed by atoms with E-state index in [0.29, 0.717) is 11.6 Å². The summed E-state index contributed by atoms with van der Waals surface area (Å²) in [5.41, 5.74) is 0.770. The number of nitrogens with one attached hydrogen (secondary N) is 1. The third-order valence-corrected chi connectivity index (χ3v) is 3.76. The Kier molecular flexibility index (Phi) is 5.01. The number of hydrogen-bond donors (Lipinski definition) is 2. The van der Waals surface area contributed by atoms with E-state index in [9.17, 15) is 5.11 Å². The summed E-state index contributed by atoms with van der Waals surface area (Å²) in [6, 6.07) is 7.65. The number of benzene rings is 1. The largest absolute Gasteiger partial charge is 0.387 e. The van der Waals surface area contributed by atoms with Crippen molar-refractivity contribution in [2.45, 2.75) is 38.0 Å². The van der Waals surface area contributed by atoms with E-state index in [0.717, 1.165) is 25.0 Å². The zero-order valence-corrected chi connectivity index (χ0v) is 11.4. The number of rotatable bonds is 5. The lowest BCUT2D eigenvalue weighted by Gasteiger charge is -2.22. The predicted molar refractivity (Wildman–Crippen MR) is 72.9 cm³/mol. The summed E-state index contributed by atoms with van der Waals surface area (Å²) in [5, 5.41) is 14.0. The van der Waals surface area contributed by atoms with Gasteiger partial charge in [-0.05, 0) is 25.8 Å². The molecule has 1 aromatic rings. The van der Waals surface area contributed by atoms with Gasteiger partial charge in [0, 0.05) is 29.8 Å². The first kappa shape index (κ1) is 13.8. The molecule has 2 N–H and O–H groups in total. The molecule has 1 heterocycles. The first-order valence-corrected chi connectivity index (χ1v) is 6.83. The summed E-state index contributed by atoms with van der Waals surface area (Å²) in [4.78, 5) is 0. The third kappa shape index (κ3) is 3.45. The van der Waals surface area contributed by atoms with Gasteiger partial charge in [0.15, 0.2) is 0 Å². The van der Waals surface area contributed by atoms with Crippen LogP contribution in [-0.2, 0) is 4.74 Å². The Morgan fingerprint density at radius 1 is 1.50 bits per heavy atom. The van der Waals surface area contributed by atoms with Gasteiger partial charge in [0.05, 0.1) is 12.2 Å². The van der Waals surface area contributed by atoms with Crippen LogP contribution in [0.5, 0.6) is 0 Å². The second kappa shape index (κ2) is 6.53. The number of hydrogen-bond acceptors (Lipinski definition) is 3. The molecule has 0 spiro atoms. The van der Waals surface area contributed by atoms with Crippen molar-refractivity contribution in [3.8, 4) is 0 Å². The molecule has 3 unspecified atom stereocenters. The SMILES string of the molecule is CC(NCC(O)c1ccccc1Cl)C1CCCO1. The van der Waals surface area contributed by atoms with E-state index in [1.54, 1.807) is 6.07 Å². The van der Waals surface area contributed by atoms with Crippen molar-refractivity contribution < 1.29 is 9.84 Å². The zero-order valence-electron chi connectivity index (χ0n) is 10.6. The van der Waals surface area contributed by atoms with Crippen LogP contribution in [0.15, 0.2) is 24.3 Å². The van der Waals surface area contributed by atoms with Gasteiger partial charge >= 0.3 is 0 Å². The van der Waals surface area contributed by atoms with Crippen LogP contribution < -0.4 is 5.32 Å². The molecule has 3 atom stereocenters. The van der Waals surface area contributed by atoms with Gasteiger partial charge in [-0.3, -0.25) is 0 Å². The minimum absolute atomic E-state index is 0.254. The highest BCUT2D eigenvalue weighted by Crippen LogP contribution is 2.22. The molecular weight excluding hydrogens is 250 g/mol. The van der Waals surface area contributed by atoms with E-state index in [1.165, 1.54) is 0 Å². The van der Waals surface area contributed by atoms with Crippen molar-refractivity contribution >= 4 is 11.6 Å². The fourth-order valence-electron chi connectivity index (χ4n) is 2.28. The van der Waals surface area contributed by atoms with Gasteiger partial charge in [-0.1, -0.05) is 29.8 Å². The van der Waals surface area contributed by atoms with Crippen LogP contribution in [0.1, 0.15) is 31.4 Å². The first-order chi connectivity index (χ1) is 8.68. The van der Waals surface area contributed by atoms with Crippen LogP contribution in [-0.4, -0.2) is 30.4 Å². The Morgan fingerprint density at radius 3 is 2.94 bits per heavy atom. The summed E-state index contributed by atoms with van der Waals surface area (Å²) < 4.78 is 5.61. The number of aliphatic hydroxyl groups excluding tert-OH is 1. The van der Waals surface area contributed by atoms with Gasteiger partial charge in [0.25, 0.3) is 0 Å². The second-order valence-corrected chi connectivity index (χ2v) is 5.19. The molecule has 0 radical (unpaired) electrons. The Hall–Kier alpha value is -0.610. The molecule has 4 heteroatoms. The van der Waals surface area contributed by atoms with Gasteiger partial charge < -0.3 is 15.2 Å². The van der Waals surface area contributed by atoms with Crippen molar-refractivity contribution in [2.24, 2.45) is 0 Å². The average molecular weight is 270 g/mol. The van der Waals surface area contributed by atoms with Crippen LogP contribution in [0.2, 0.25) is 5.02 Å². The maximum Gasteiger partial charge on any atom is 0.0928 e. The van der Waals surface area contributed by atoms with Crippen LogP contribution in [0.3, 0.4) is 0 Å². The fraction of sp³-hybridized carbons (Fsp3) is 0.571. The summed E-state index contributed by atoms with van der Waals surface area (Å²) in [6.45, 7) is 3.43. The summed E-state index contributed by atoms with van der Waals surface area (Å²) in [7, 11) is 0. The smallest absolute Gasteiger partial charge is 0.0928 e. The van der Waals surface area contributed by atoms with E-state index in [-0.39, 0.29) is 12.1 Å². The Labute approximate surface area is 113 Å². The van der Waals surface area contributed by atoms with Gasteiger partial charge in [-0.15, -0.1) is 0 Å². The van der Waals surface area contributed by atoms with Crippen molar-refractivity contribution in [1.29, 1.82) is 0 Å². The Bertz CT molecular complexity index is 380. The third-order valence-electron chi connectivity index (χ3n) is 3.42. The number of aliphatic hydroxyl groups is 1. The van der Waals surface area contributed by atoms with E-state index in [1.807, 2.05) is 18.2 Å². The Morgan fingerprint density at radius 2 is 2.28 bits per heavy atom. The van der Waals surface area contributed by atoms with Gasteiger partial charge in [-0.2, -0.15) is 0 Å². The summed E-state index contributed by atoms with van der Waals surface area (Å²) >= 11 is 6.05. The number of halogens is 1. The quantitative estimate of drug-likeness (QED) is 0.863. The zero-order chi connectivity index (χ0) is 13.0. The topological polar surface area (TPSA) is 41.5 Å². The lowest BCUT2D eigenvalue weighted by molar-refractivity contribution is 0.0765. The molecular formula is C14H20ClNO2. The molecule has 1 saturated heterocycles. The molecule has 1 aliphatic heterocycles. The normalized spacial score (nSPS) is 22.9. The van der Waals surface area contributed by atoms with Crippen LogP contribution in [0.4, 0.5) is 0 Å². The molecule has 3 nitrogen and oxygen atoms in total. The monoisotopic (exact) mass is 269 g/mol. The predicted octanol–water partition coefficient (Wildman–Crippen LogP) is 2.53. The average Bonchev–Trinajstić information content (AvgIpc) is 2.90. The molecule has 0 aromatic heterocycles. The summed E-state index contributed by atoms with van der Waals surface area (Å²) in [6.07, 6.45) is 1.91. The lowest BCUT2D eigenvalue weighted by atomic mass is 10.1. The molecule has 100 valence electrons. The maximum atomic E-state index is 10.1. The molecule has 0 bridgehead atoms. The van der Waals surface area contributed by atoms with E-state index >= 15 is 0 Å². The van der Waals surface area contributed by atoms with E-state index in [2.05, 4.69) is 12.2 Å². The highest BCUT2D eigenvalue weighted by molar-refractivity contribution is 6.31. The minimum atomic E-state index is -0.581. The minimum Gasteiger partial charge on any atom is -0.387 e. The van der Waals surface area contributed by atoms with Gasteiger partial charge in [0.2, 0.25) is 0 Å². The van der Waals surface area contributed by atoms with Crippen LogP contribution in [0.25, 0.3) is 0 Å². The Balaban J connectivity index is 1.84. The van der Waals surface area contributed by atoms with Crippen LogP contribution in [0, 0.1) is 0 Å². The van der Waals surface area contributed by atoms with Crippen molar-refractivity contribution in [2.75, 3.05) is 13.2 Å². The first-order valence-electron chi connectivity index (χ1n) is 6.46. The number of ether oxygens (including phenoxy) is 1. The molecule has 2 rings (SSSR count). The molecule has 0 amide bonds. The second-order valence-electron chi connectivity index (χ2n) is 4.79. The molecule has 0 aliphatic carbocycles. The van der Waals surface area contributed by atoms with E-state index < -0.39 is 6.10 Å². The van der Waals surface area contributed by atoms with Crippen molar-refractivity contribution in [3.05, 3.63) is 34.9 Å². The molecule has 1 aromatic carbocycles. The lowest BCUT2D eigenvalue weighted by Crippen LogP contribution is -2.39. The fourth-order valence-corrected chi connectivity index (χ4v) is 2.54. The maximum absolute atomic E-state index is 10.1. The van der Waals surface area contributed by atoms with Crippen molar-refractivity contribution in [3.63, 3.8) is 0 Å². The highest BCUT2D eigenvalue weighted by atomic mass is 35.5. The van der Waals surface area contributed by atoms with Crippen molar-refractivity contribution in [1.82, 2.24) is 5.32 Å². The molecule has 1 fully saturated rings. The molecule has 1 aliphatic rings. The van der Waals surface area contributed by atoms with Gasteiger partial charge in [-0.25, -0.2) is 0 Å². The van der Waals surface area contributed by atoms with Gasteiger partial charge in [0.1, 0.15) is 0 Å². The van der Waals surface area contributed by atoms with E-state index in [4.69, 9.17) is 16.3 Å². The summed E-state index contributed by atoms with van der Waals surface area (Å²) in [5.74, 6) is 0. The highest BCUT2D eigenvalue weighted by Gasteiger charge is 2.22. The standard InChI is InChI=1S/C14H20ClNO2/c1-10(14-7-4-8-18-14)16-9-13(17)11-5-2-3-6-12(11)15/h2-3,5-6,10,13-14,16-17H,4,7-9H2,1H3. The van der Waals surface area contributed by atoms with Crippen LogP contribution >= 0.6 is 11.6 Å². The molecule has 18 heavy (non-hydrogen) atoms. The molecule has 0 saturated carbocycles.